The lowest BCUT2D eigenvalue weighted by Crippen LogP contribution is -2.37. The Morgan fingerprint density at radius 2 is 2.23 bits per heavy atom. The largest absolute Gasteiger partial charge is 0.496 e. The standard InChI is InChI=1S/C14H20N4O3S/c1-21-11-2-3-12(13(8-11)18(19)20)17-14(22)16-9-10-4-6-15-7-5-10/h2-3,8,10,15H,4-7,9H2,1H3,(H2,16,17,22). The zero-order valence-electron chi connectivity index (χ0n) is 12.4. The number of ether oxygens (including phenoxy) is 1. The second kappa shape index (κ2) is 7.90. The van der Waals surface area contributed by atoms with Crippen LogP contribution in [-0.4, -0.2) is 36.8 Å². The quantitative estimate of drug-likeness (QED) is 0.433. The Bertz CT molecular complexity index is 547. The monoisotopic (exact) mass is 324 g/mol. The number of nitrogens with zero attached hydrogens (tertiary/aromatic N) is 1. The van der Waals surface area contributed by atoms with E-state index >= 15 is 0 Å². The summed E-state index contributed by atoms with van der Waals surface area (Å²) in [6.45, 7) is 2.82. The molecule has 0 atom stereocenters. The number of benzene rings is 1. The van der Waals surface area contributed by atoms with Gasteiger partial charge >= 0.3 is 0 Å². The van der Waals surface area contributed by atoms with Crippen molar-refractivity contribution in [2.75, 3.05) is 32.1 Å². The molecule has 1 aromatic carbocycles. The van der Waals surface area contributed by atoms with Crippen LogP contribution >= 0.6 is 12.2 Å². The number of hydrogen-bond donors (Lipinski definition) is 3. The van der Waals surface area contributed by atoms with E-state index in [0.717, 1.165) is 32.5 Å². The lowest BCUT2D eigenvalue weighted by molar-refractivity contribution is -0.384. The molecule has 0 spiro atoms. The summed E-state index contributed by atoms with van der Waals surface area (Å²) in [4.78, 5) is 10.7. The molecule has 1 aliphatic heterocycles. The topological polar surface area (TPSA) is 88.5 Å². The highest BCUT2D eigenvalue weighted by atomic mass is 32.1. The summed E-state index contributed by atoms with van der Waals surface area (Å²) in [5.41, 5.74) is 0.291. The van der Waals surface area contributed by atoms with Gasteiger partial charge in [0.2, 0.25) is 0 Å². The van der Waals surface area contributed by atoms with Crippen molar-refractivity contribution in [2.24, 2.45) is 5.92 Å². The molecule has 7 nitrogen and oxygen atoms in total. The number of hydrogen-bond acceptors (Lipinski definition) is 5. The van der Waals surface area contributed by atoms with E-state index in [0.29, 0.717) is 22.5 Å². The molecule has 0 saturated carbocycles. The summed E-state index contributed by atoms with van der Waals surface area (Å²) < 4.78 is 5.01. The first-order valence-electron chi connectivity index (χ1n) is 7.18. The Kier molecular flexibility index (Phi) is 5.91. The van der Waals surface area contributed by atoms with Gasteiger partial charge in [-0.2, -0.15) is 0 Å². The average molecular weight is 324 g/mol. The second-order valence-electron chi connectivity index (χ2n) is 5.17. The van der Waals surface area contributed by atoms with Gasteiger partial charge in [0.1, 0.15) is 11.4 Å². The van der Waals surface area contributed by atoms with Gasteiger partial charge < -0.3 is 20.7 Å². The number of piperidine rings is 1. The molecule has 1 heterocycles. The summed E-state index contributed by atoms with van der Waals surface area (Å²) in [6.07, 6.45) is 2.22. The Hall–Kier alpha value is -1.93. The van der Waals surface area contributed by atoms with Crippen molar-refractivity contribution >= 4 is 28.7 Å². The van der Waals surface area contributed by atoms with E-state index in [4.69, 9.17) is 17.0 Å². The van der Waals surface area contributed by atoms with E-state index in [1.165, 1.54) is 13.2 Å². The van der Waals surface area contributed by atoms with Gasteiger partial charge in [-0.05, 0) is 56.2 Å². The fourth-order valence-corrected chi connectivity index (χ4v) is 2.58. The van der Waals surface area contributed by atoms with Crippen molar-refractivity contribution < 1.29 is 9.66 Å². The van der Waals surface area contributed by atoms with Crippen LogP contribution in [0.15, 0.2) is 18.2 Å². The van der Waals surface area contributed by atoms with Gasteiger partial charge in [-0.3, -0.25) is 10.1 Å². The highest BCUT2D eigenvalue weighted by Crippen LogP contribution is 2.28. The van der Waals surface area contributed by atoms with Crippen LogP contribution < -0.4 is 20.7 Å². The van der Waals surface area contributed by atoms with E-state index in [1.54, 1.807) is 12.1 Å². The highest BCUT2D eigenvalue weighted by Gasteiger charge is 2.17. The number of thiocarbonyl (C=S) groups is 1. The lowest BCUT2D eigenvalue weighted by Gasteiger charge is -2.23. The van der Waals surface area contributed by atoms with Gasteiger partial charge in [0, 0.05) is 6.54 Å². The molecule has 0 unspecified atom stereocenters. The average Bonchev–Trinajstić information content (AvgIpc) is 2.54. The summed E-state index contributed by atoms with van der Waals surface area (Å²) in [5, 5.41) is 20.8. The summed E-state index contributed by atoms with van der Waals surface area (Å²) in [7, 11) is 1.47. The maximum Gasteiger partial charge on any atom is 0.296 e. The third-order valence-electron chi connectivity index (χ3n) is 3.66. The van der Waals surface area contributed by atoms with E-state index < -0.39 is 4.92 Å². The molecule has 0 amide bonds. The summed E-state index contributed by atoms with van der Waals surface area (Å²) >= 11 is 5.22. The molecular weight excluding hydrogens is 304 g/mol. The van der Waals surface area contributed by atoms with E-state index in [9.17, 15) is 10.1 Å². The van der Waals surface area contributed by atoms with Gasteiger partial charge in [-0.15, -0.1) is 0 Å². The Morgan fingerprint density at radius 3 is 2.86 bits per heavy atom. The zero-order chi connectivity index (χ0) is 15.9. The van der Waals surface area contributed by atoms with E-state index in [2.05, 4.69) is 16.0 Å². The fraction of sp³-hybridized carbons (Fsp3) is 0.500. The molecule has 22 heavy (non-hydrogen) atoms. The van der Waals surface area contributed by atoms with E-state index in [1.807, 2.05) is 0 Å². The molecule has 8 heteroatoms. The van der Waals surface area contributed by atoms with Crippen molar-refractivity contribution in [3.63, 3.8) is 0 Å². The minimum absolute atomic E-state index is 0.0645. The smallest absolute Gasteiger partial charge is 0.296 e. The Morgan fingerprint density at radius 1 is 1.50 bits per heavy atom. The third kappa shape index (κ3) is 4.54. The van der Waals surface area contributed by atoms with Crippen LogP contribution in [0.5, 0.6) is 5.75 Å². The van der Waals surface area contributed by atoms with Crippen LogP contribution in [0.4, 0.5) is 11.4 Å². The molecule has 0 radical (unpaired) electrons. The van der Waals surface area contributed by atoms with Crippen molar-refractivity contribution in [1.82, 2.24) is 10.6 Å². The van der Waals surface area contributed by atoms with Crippen LogP contribution in [0.25, 0.3) is 0 Å². The van der Waals surface area contributed by atoms with Crippen molar-refractivity contribution in [3.05, 3.63) is 28.3 Å². The normalized spacial score (nSPS) is 15.1. The maximum absolute atomic E-state index is 11.1. The minimum atomic E-state index is -0.458. The van der Waals surface area contributed by atoms with Crippen molar-refractivity contribution in [1.29, 1.82) is 0 Å². The molecule has 0 aromatic heterocycles. The molecule has 2 rings (SSSR count). The summed E-state index contributed by atoms with van der Waals surface area (Å²) in [6, 6.07) is 4.62. The van der Waals surface area contributed by atoms with Gasteiger partial charge in [0.05, 0.1) is 18.1 Å². The number of anilines is 1. The Labute approximate surface area is 134 Å². The molecular formula is C14H20N4O3S. The zero-order valence-corrected chi connectivity index (χ0v) is 13.2. The first-order chi connectivity index (χ1) is 10.6. The molecule has 1 saturated heterocycles. The van der Waals surface area contributed by atoms with Crippen molar-refractivity contribution in [2.45, 2.75) is 12.8 Å². The van der Waals surface area contributed by atoms with Crippen LogP contribution in [0.1, 0.15) is 12.8 Å². The number of methoxy groups -OCH3 is 1. The first-order valence-corrected chi connectivity index (χ1v) is 7.59. The fourth-order valence-electron chi connectivity index (χ4n) is 2.38. The molecule has 120 valence electrons. The number of nitro groups is 1. The molecule has 3 N–H and O–H groups in total. The first kappa shape index (κ1) is 16.4. The SMILES string of the molecule is COc1ccc(NC(=S)NCC2CCNCC2)c([N+](=O)[O-])c1. The number of nitro benzene ring substituents is 1. The Balaban J connectivity index is 1.94. The molecule has 1 fully saturated rings. The van der Waals surface area contributed by atoms with Crippen LogP contribution in [-0.2, 0) is 0 Å². The number of rotatable bonds is 5. The number of nitrogens with one attached hydrogen (secondary N) is 3. The van der Waals surface area contributed by atoms with Crippen LogP contribution in [0.2, 0.25) is 0 Å². The predicted octanol–water partition coefficient (Wildman–Crippen LogP) is 1.89. The highest BCUT2D eigenvalue weighted by molar-refractivity contribution is 7.80. The van der Waals surface area contributed by atoms with Crippen LogP contribution in [0, 0.1) is 16.0 Å². The summed E-state index contributed by atoms with van der Waals surface area (Å²) in [5.74, 6) is 1.01. The molecule has 0 aliphatic carbocycles. The van der Waals surface area contributed by atoms with E-state index in [-0.39, 0.29) is 5.69 Å². The van der Waals surface area contributed by atoms with Gasteiger partial charge in [-0.1, -0.05) is 0 Å². The lowest BCUT2D eigenvalue weighted by atomic mass is 9.98. The van der Waals surface area contributed by atoms with Crippen molar-refractivity contribution in [3.8, 4) is 5.75 Å². The van der Waals surface area contributed by atoms with Gasteiger partial charge in [-0.25, -0.2) is 0 Å². The van der Waals surface area contributed by atoms with Gasteiger partial charge in [0.25, 0.3) is 5.69 Å². The second-order valence-corrected chi connectivity index (χ2v) is 5.58. The third-order valence-corrected chi connectivity index (χ3v) is 3.91. The molecule has 1 aromatic rings. The minimum Gasteiger partial charge on any atom is -0.496 e. The van der Waals surface area contributed by atoms with Crippen LogP contribution in [0.3, 0.4) is 0 Å². The predicted molar refractivity (Wildman–Crippen MR) is 89.5 cm³/mol. The molecule has 1 aliphatic rings. The maximum atomic E-state index is 11.1. The molecule has 0 bridgehead atoms. The van der Waals surface area contributed by atoms with Gasteiger partial charge in [0.15, 0.2) is 5.11 Å².